The minimum absolute atomic E-state index is 0.126. The average molecular weight is 435 g/mol. The second-order valence-corrected chi connectivity index (χ2v) is 9.40. The molecule has 168 valence electrons. The predicted molar refractivity (Wildman–Crippen MR) is 125 cm³/mol. The summed E-state index contributed by atoms with van der Waals surface area (Å²) in [4.78, 5) is 14.8. The Morgan fingerprint density at radius 1 is 1.06 bits per heavy atom. The van der Waals surface area contributed by atoms with Crippen molar-refractivity contribution in [3.63, 3.8) is 0 Å². The lowest BCUT2D eigenvalue weighted by Crippen LogP contribution is -2.46. The Labute approximate surface area is 189 Å². The van der Waals surface area contributed by atoms with Crippen LogP contribution in [0.4, 0.5) is 4.39 Å². The van der Waals surface area contributed by atoms with Crippen molar-refractivity contribution in [3.05, 3.63) is 65.6 Å². The van der Waals surface area contributed by atoms with Crippen LogP contribution >= 0.6 is 0 Å². The van der Waals surface area contributed by atoms with Gasteiger partial charge in [-0.05, 0) is 75.8 Å². The highest BCUT2D eigenvalue weighted by Crippen LogP contribution is 2.37. The van der Waals surface area contributed by atoms with Gasteiger partial charge in [0.15, 0.2) is 5.78 Å². The quantitative estimate of drug-likeness (QED) is 0.444. The zero-order valence-corrected chi connectivity index (χ0v) is 18.9. The van der Waals surface area contributed by atoms with E-state index < -0.39 is 0 Å². The molecule has 2 atom stereocenters. The molecular weight excluding hydrogens is 403 g/mol. The number of carbonyl (C=O) groups is 1. The molecule has 0 N–H and O–H groups in total. The summed E-state index contributed by atoms with van der Waals surface area (Å²) in [7, 11) is 0. The molecule has 32 heavy (non-hydrogen) atoms. The molecular formula is C27H31FN2O2. The fraction of sp³-hybridized carbons (Fsp3) is 0.444. The van der Waals surface area contributed by atoms with Crippen LogP contribution < -0.4 is 4.74 Å². The summed E-state index contributed by atoms with van der Waals surface area (Å²) in [5.74, 6) is 0.661. The molecule has 2 aliphatic rings. The Kier molecular flexibility index (Phi) is 5.76. The second-order valence-electron chi connectivity index (χ2n) is 9.40. The lowest BCUT2D eigenvalue weighted by atomic mass is 9.99. The van der Waals surface area contributed by atoms with Crippen molar-refractivity contribution in [2.24, 2.45) is 0 Å². The van der Waals surface area contributed by atoms with Crippen LogP contribution in [0, 0.1) is 12.7 Å². The molecule has 2 aliphatic heterocycles. The van der Waals surface area contributed by atoms with E-state index in [4.69, 9.17) is 4.74 Å². The van der Waals surface area contributed by atoms with Gasteiger partial charge in [0.05, 0.1) is 5.52 Å². The van der Waals surface area contributed by atoms with Gasteiger partial charge in [0.1, 0.15) is 17.7 Å². The highest BCUT2D eigenvalue weighted by atomic mass is 19.1. The molecule has 2 aromatic carbocycles. The van der Waals surface area contributed by atoms with Crippen LogP contribution in [0.25, 0.3) is 10.9 Å². The highest BCUT2D eigenvalue weighted by Gasteiger charge is 2.41. The number of para-hydroxylation sites is 1. The summed E-state index contributed by atoms with van der Waals surface area (Å²) in [6.45, 7) is 5.76. The van der Waals surface area contributed by atoms with E-state index in [2.05, 4.69) is 28.5 Å². The first-order valence-electron chi connectivity index (χ1n) is 11.8. The van der Waals surface area contributed by atoms with Crippen molar-refractivity contribution < 1.29 is 13.9 Å². The lowest BCUT2D eigenvalue weighted by Gasteiger charge is -2.39. The van der Waals surface area contributed by atoms with Crippen molar-refractivity contribution in [2.45, 2.75) is 70.7 Å². The van der Waals surface area contributed by atoms with Crippen molar-refractivity contribution >= 4 is 16.7 Å². The van der Waals surface area contributed by atoms with Gasteiger partial charge in [0, 0.05) is 42.3 Å². The van der Waals surface area contributed by atoms with Crippen LogP contribution in [0.1, 0.15) is 54.9 Å². The van der Waals surface area contributed by atoms with Gasteiger partial charge in [-0.1, -0.05) is 18.2 Å². The van der Waals surface area contributed by atoms with Gasteiger partial charge < -0.3 is 9.30 Å². The number of rotatable bonds is 7. The van der Waals surface area contributed by atoms with Gasteiger partial charge in [-0.3, -0.25) is 9.69 Å². The molecule has 0 radical (unpaired) electrons. The van der Waals surface area contributed by atoms with E-state index in [0.717, 1.165) is 49.1 Å². The van der Waals surface area contributed by atoms with Gasteiger partial charge in [-0.2, -0.15) is 0 Å². The maximum atomic E-state index is 13.2. The number of Topliss-reactive ketones (excluding diaryl/α,β-unsaturated/α-hetero) is 1. The van der Waals surface area contributed by atoms with Crippen LogP contribution in [0.15, 0.2) is 48.7 Å². The maximum absolute atomic E-state index is 13.2. The summed E-state index contributed by atoms with van der Waals surface area (Å²) in [5.41, 5.74) is 3.23. The number of hydrogen-bond donors (Lipinski definition) is 0. The van der Waals surface area contributed by atoms with Crippen LogP contribution in [0.5, 0.6) is 5.75 Å². The number of ketones is 1. The van der Waals surface area contributed by atoms with E-state index in [1.54, 1.807) is 19.1 Å². The van der Waals surface area contributed by atoms with Crippen molar-refractivity contribution in [1.29, 1.82) is 0 Å². The molecule has 0 amide bonds. The van der Waals surface area contributed by atoms with Crippen LogP contribution in [-0.4, -0.2) is 40.0 Å². The number of benzene rings is 2. The number of halogens is 1. The molecule has 2 saturated heterocycles. The first kappa shape index (κ1) is 21.2. The summed E-state index contributed by atoms with van der Waals surface area (Å²) in [6, 6.07) is 13.7. The zero-order chi connectivity index (χ0) is 22.2. The number of ether oxygens (including phenoxy) is 1. The van der Waals surface area contributed by atoms with Crippen molar-refractivity contribution in [1.82, 2.24) is 9.47 Å². The number of aryl methyl sites for hydroxylation is 2. The Morgan fingerprint density at radius 3 is 2.47 bits per heavy atom. The molecule has 2 bridgehead atoms. The lowest BCUT2D eigenvalue weighted by molar-refractivity contribution is 0.0481. The zero-order valence-electron chi connectivity index (χ0n) is 18.9. The van der Waals surface area contributed by atoms with Crippen LogP contribution in [0.2, 0.25) is 0 Å². The van der Waals surface area contributed by atoms with E-state index in [1.165, 1.54) is 36.1 Å². The molecule has 4 nitrogen and oxygen atoms in total. The smallest absolute Gasteiger partial charge is 0.161 e. The third-order valence-electron chi connectivity index (χ3n) is 7.25. The molecule has 2 fully saturated rings. The number of hydrogen-bond acceptors (Lipinski definition) is 3. The molecule has 2 unspecified atom stereocenters. The molecule has 5 heteroatoms. The van der Waals surface area contributed by atoms with E-state index in [0.29, 0.717) is 12.1 Å². The van der Waals surface area contributed by atoms with E-state index >= 15 is 0 Å². The van der Waals surface area contributed by atoms with Crippen molar-refractivity contribution in [2.75, 3.05) is 6.54 Å². The summed E-state index contributed by atoms with van der Waals surface area (Å²) in [5, 5.41) is 1.07. The molecule has 3 heterocycles. The molecule has 0 spiro atoms. The average Bonchev–Trinajstić information content (AvgIpc) is 3.25. The first-order chi connectivity index (χ1) is 15.5. The first-order valence-corrected chi connectivity index (χ1v) is 11.8. The second kappa shape index (κ2) is 8.70. The molecule has 5 rings (SSSR count). The third-order valence-corrected chi connectivity index (χ3v) is 7.25. The van der Waals surface area contributed by atoms with Crippen LogP contribution in [-0.2, 0) is 6.54 Å². The predicted octanol–water partition coefficient (Wildman–Crippen LogP) is 5.76. The number of fused-ring (bicyclic) bond motifs is 3. The monoisotopic (exact) mass is 434 g/mol. The largest absolute Gasteiger partial charge is 0.490 e. The van der Waals surface area contributed by atoms with E-state index in [-0.39, 0.29) is 17.7 Å². The van der Waals surface area contributed by atoms with Crippen LogP contribution in [0.3, 0.4) is 0 Å². The topological polar surface area (TPSA) is 34.5 Å². The Bertz CT molecular complexity index is 1110. The number of piperidine rings is 1. The van der Waals surface area contributed by atoms with E-state index in [1.807, 2.05) is 12.3 Å². The molecule has 1 aromatic heterocycles. The summed E-state index contributed by atoms with van der Waals surface area (Å²) in [6.07, 6.45) is 7.84. The van der Waals surface area contributed by atoms with Gasteiger partial charge >= 0.3 is 0 Å². The Hall–Kier alpha value is -2.66. The normalized spacial score (nSPS) is 23.0. The highest BCUT2D eigenvalue weighted by molar-refractivity contribution is 6.07. The molecule has 3 aromatic rings. The van der Waals surface area contributed by atoms with Gasteiger partial charge in [-0.15, -0.1) is 0 Å². The molecule has 0 aliphatic carbocycles. The van der Waals surface area contributed by atoms with Gasteiger partial charge in [0.25, 0.3) is 0 Å². The standard InChI is InChI=1S/C27H31FN2O2/c1-18-5-3-6-25-26(19(2)31)17-29(27(18)25)13-4-14-30-21-9-10-22(30)16-24(15-21)32-23-11-7-20(28)8-12-23/h3,5-8,11-12,17,21-22,24H,4,9-10,13-16H2,1-2H3. The minimum atomic E-state index is -0.228. The summed E-state index contributed by atoms with van der Waals surface area (Å²) >= 11 is 0. The van der Waals surface area contributed by atoms with Gasteiger partial charge in [0.2, 0.25) is 0 Å². The Balaban J connectivity index is 1.22. The summed E-state index contributed by atoms with van der Waals surface area (Å²) < 4.78 is 21.6. The Morgan fingerprint density at radius 2 is 1.78 bits per heavy atom. The number of aromatic nitrogens is 1. The fourth-order valence-corrected chi connectivity index (χ4v) is 5.82. The van der Waals surface area contributed by atoms with Gasteiger partial charge in [-0.25, -0.2) is 4.39 Å². The SMILES string of the molecule is CC(=O)c1cn(CCCN2C3CCC2CC(Oc2ccc(F)cc2)C3)c2c(C)cccc12. The number of carbonyl (C=O) groups excluding carboxylic acids is 1. The minimum Gasteiger partial charge on any atom is -0.490 e. The van der Waals surface area contributed by atoms with Crippen molar-refractivity contribution in [3.8, 4) is 5.75 Å². The maximum Gasteiger partial charge on any atom is 0.161 e. The third kappa shape index (κ3) is 4.06. The van der Waals surface area contributed by atoms with E-state index in [9.17, 15) is 9.18 Å². The fourth-order valence-electron chi connectivity index (χ4n) is 5.82. The molecule has 0 saturated carbocycles. The number of nitrogens with zero attached hydrogens (tertiary/aromatic N) is 2.